The van der Waals surface area contributed by atoms with E-state index in [2.05, 4.69) is 31.5 Å². The van der Waals surface area contributed by atoms with Crippen molar-refractivity contribution in [2.45, 2.75) is 19.8 Å². The zero-order valence-electron chi connectivity index (χ0n) is 15.4. The van der Waals surface area contributed by atoms with Crippen molar-refractivity contribution in [3.8, 4) is 0 Å². The van der Waals surface area contributed by atoms with Gasteiger partial charge in [-0.25, -0.2) is 0 Å². The number of amides is 2. The summed E-state index contributed by atoms with van der Waals surface area (Å²) < 4.78 is 0.984. The van der Waals surface area contributed by atoms with Crippen LogP contribution in [-0.2, 0) is 9.59 Å². The molecule has 27 heavy (non-hydrogen) atoms. The van der Waals surface area contributed by atoms with Gasteiger partial charge in [0.1, 0.15) is 0 Å². The van der Waals surface area contributed by atoms with E-state index in [1.165, 1.54) is 0 Å². The third kappa shape index (κ3) is 5.91. The minimum atomic E-state index is -0.0170. The SMILES string of the molecule is Cc1ccc(NC(=O)CN2CCC(C(=O)Nc3ccc(Br)cc3)CC2)cc1. The van der Waals surface area contributed by atoms with E-state index in [-0.39, 0.29) is 17.7 Å². The van der Waals surface area contributed by atoms with Crippen molar-refractivity contribution in [1.82, 2.24) is 4.90 Å². The number of likely N-dealkylation sites (tertiary alicyclic amines) is 1. The highest BCUT2D eigenvalue weighted by Crippen LogP contribution is 2.20. The molecule has 1 saturated heterocycles. The minimum absolute atomic E-state index is 0.00921. The van der Waals surface area contributed by atoms with Crippen LogP contribution < -0.4 is 10.6 Å². The summed E-state index contributed by atoms with van der Waals surface area (Å²) in [5.74, 6) is 0.0303. The summed E-state index contributed by atoms with van der Waals surface area (Å²) in [5, 5.41) is 5.90. The fraction of sp³-hybridized carbons (Fsp3) is 0.333. The van der Waals surface area contributed by atoms with Crippen molar-refractivity contribution in [1.29, 1.82) is 0 Å². The molecule has 1 heterocycles. The molecule has 142 valence electrons. The molecule has 0 spiro atoms. The van der Waals surface area contributed by atoms with Crippen LogP contribution in [0.1, 0.15) is 18.4 Å². The second-order valence-electron chi connectivity index (χ2n) is 6.96. The van der Waals surface area contributed by atoms with E-state index in [1.54, 1.807) is 0 Å². The predicted molar refractivity (Wildman–Crippen MR) is 112 cm³/mol. The number of aryl methyl sites for hydroxylation is 1. The van der Waals surface area contributed by atoms with Gasteiger partial charge in [0.2, 0.25) is 11.8 Å². The van der Waals surface area contributed by atoms with Crippen molar-refractivity contribution in [3.05, 3.63) is 58.6 Å². The average molecular weight is 430 g/mol. The lowest BCUT2D eigenvalue weighted by molar-refractivity contribution is -0.121. The lowest BCUT2D eigenvalue weighted by Gasteiger charge is -2.30. The molecule has 2 N–H and O–H groups in total. The fourth-order valence-electron chi connectivity index (χ4n) is 3.17. The third-order valence-electron chi connectivity index (χ3n) is 4.77. The van der Waals surface area contributed by atoms with Crippen LogP contribution in [0.5, 0.6) is 0 Å². The largest absolute Gasteiger partial charge is 0.326 e. The number of carbonyl (C=O) groups is 2. The van der Waals surface area contributed by atoms with E-state index in [0.29, 0.717) is 6.54 Å². The van der Waals surface area contributed by atoms with Gasteiger partial charge in [-0.15, -0.1) is 0 Å². The summed E-state index contributed by atoms with van der Waals surface area (Å²) in [6.45, 7) is 3.87. The zero-order chi connectivity index (χ0) is 19.2. The van der Waals surface area contributed by atoms with Crippen LogP contribution in [-0.4, -0.2) is 36.3 Å². The third-order valence-corrected chi connectivity index (χ3v) is 5.30. The molecule has 6 heteroatoms. The molecule has 2 aromatic carbocycles. The molecule has 5 nitrogen and oxygen atoms in total. The van der Waals surface area contributed by atoms with E-state index in [4.69, 9.17) is 0 Å². The Labute approximate surface area is 168 Å². The van der Waals surface area contributed by atoms with Crippen molar-refractivity contribution in [2.24, 2.45) is 5.92 Å². The number of anilines is 2. The molecular formula is C21H24BrN3O2. The molecule has 1 aliphatic heterocycles. The van der Waals surface area contributed by atoms with Gasteiger partial charge >= 0.3 is 0 Å². The first-order valence-corrected chi connectivity index (χ1v) is 9.94. The Balaban J connectivity index is 1.42. The first-order valence-electron chi connectivity index (χ1n) is 9.15. The van der Waals surface area contributed by atoms with Gasteiger partial charge in [0.25, 0.3) is 0 Å². The van der Waals surface area contributed by atoms with Crippen molar-refractivity contribution >= 4 is 39.1 Å². The number of hydrogen-bond donors (Lipinski definition) is 2. The van der Waals surface area contributed by atoms with E-state index < -0.39 is 0 Å². The molecule has 1 fully saturated rings. The van der Waals surface area contributed by atoms with Crippen LogP contribution in [0.4, 0.5) is 11.4 Å². The van der Waals surface area contributed by atoms with E-state index >= 15 is 0 Å². The lowest BCUT2D eigenvalue weighted by Crippen LogP contribution is -2.41. The van der Waals surface area contributed by atoms with Gasteiger partial charge in [0.05, 0.1) is 6.54 Å². The van der Waals surface area contributed by atoms with Crippen molar-refractivity contribution in [3.63, 3.8) is 0 Å². The second kappa shape index (κ2) is 9.15. The molecule has 0 unspecified atom stereocenters. The number of carbonyl (C=O) groups excluding carboxylic acids is 2. The smallest absolute Gasteiger partial charge is 0.238 e. The molecule has 3 rings (SSSR count). The Hall–Kier alpha value is -2.18. The molecule has 0 aromatic heterocycles. The molecule has 0 aliphatic carbocycles. The van der Waals surface area contributed by atoms with Gasteiger partial charge in [-0.3, -0.25) is 14.5 Å². The van der Waals surface area contributed by atoms with Crippen LogP contribution in [0.3, 0.4) is 0 Å². The van der Waals surface area contributed by atoms with E-state index in [9.17, 15) is 9.59 Å². The number of rotatable bonds is 5. The Morgan fingerprint density at radius 1 is 0.963 bits per heavy atom. The summed E-state index contributed by atoms with van der Waals surface area (Å²) in [6.07, 6.45) is 1.53. The molecule has 0 saturated carbocycles. The van der Waals surface area contributed by atoms with Crippen LogP contribution in [0.15, 0.2) is 53.0 Å². The lowest BCUT2D eigenvalue weighted by atomic mass is 9.96. The molecule has 0 atom stereocenters. The maximum atomic E-state index is 12.4. The van der Waals surface area contributed by atoms with Gasteiger partial charge in [-0.1, -0.05) is 33.6 Å². The fourth-order valence-corrected chi connectivity index (χ4v) is 3.44. The number of hydrogen-bond acceptors (Lipinski definition) is 3. The molecule has 1 aliphatic rings. The highest BCUT2D eigenvalue weighted by atomic mass is 79.9. The maximum Gasteiger partial charge on any atom is 0.238 e. The summed E-state index contributed by atoms with van der Waals surface area (Å²) >= 11 is 3.39. The van der Waals surface area contributed by atoms with Crippen LogP contribution >= 0.6 is 15.9 Å². The topological polar surface area (TPSA) is 61.4 Å². The normalized spacial score (nSPS) is 15.3. The number of nitrogens with one attached hydrogen (secondary N) is 2. The first-order chi connectivity index (χ1) is 13.0. The second-order valence-corrected chi connectivity index (χ2v) is 7.88. The van der Waals surface area contributed by atoms with Crippen LogP contribution in [0.2, 0.25) is 0 Å². The Bertz CT molecular complexity index is 782. The quantitative estimate of drug-likeness (QED) is 0.753. The predicted octanol–water partition coefficient (Wildman–Crippen LogP) is 4.05. The summed E-state index contributed by atoms with van der Waals surface area (Å²) in [7, 11) is 0. The maximum absolute atomic E-state index is 12.4. The van der Waals surface area contributed by atoms with Gasteiger partial charge in [0, 0.05) is 21.8 Å². The molecule has 0 bridgehead atoms. The molecule has 0 radical (unpaired) electrons. The summed E-state index contributed by atoms with van der Waals surface area (Å²) in [6, 6.07) is 15.4. The van der Waals surface area contributed by atoms with Crippen LogP contribution in [0.25, 0.3) is 0 Å². The van der Waals surface area contributed by atoms with E-state index in [0.717, 1.165) is 47.3 Å². The van der Waals surface area contributed by atoms with Gasteiger partial charge in [-0.2, -0.15) is 0 Å². The molecule has 2 amide bonds. The summed E-state index contributed by atoms with van der Waals surface area (Å²) in [4.78, 5) is 26.7. The Morgan fingerprint density at radius 3 is 2.15 bits per heavy atom. The zero-order valence-corrected chi connectivity index (χ0v) is 17.0. The molecular weight excluding hydrogens is 406 g/mol. The number of piperidine rings is 1. The number of nitrogens with zero attached hydrogens (tertiary/aromatic N) is 1. The highest BCUT2D eigenvalue weighted by molar-refractivity contribution is 9.10. The monoisotopic (exact) mass is 429 g/mol. The Morgan fingerprint density at radius 2 is 1.52 bits per heavy atom. The van der Waals surface area contributed by atoms with Gasteiger partial charge in [-0.05, 0) is 69.3 Å². The minimum Gasteiger partial charge on any atom is -0.326 e. The van der Waals surface area contributed by atoms with E-state index in [1.807, 2.05) is 55.5 Å². The summed E-state index contributed by atoms with van der Waals surface area (Å²) in [5.41, 5.74) is 2.79. The average Bonchev–Trinajstić information content (AvgIpc) is 2.66. The van der Waals surface area contributed by atoms with Crippen LogP contribution in [0, 0.1) is 12.8 Å². The number of benzene rings is 2. The Kier molecular flexibility index (Phi) is 6.63. The van der Waals surface area contributed by atoms with Crippen molar-refractivity contribution in [2.75, 3.05) is 30.3 Å². The highest BCUT2D eigenvalue weighted by Gasteiger charge is 2.26. The first kappa shape index (κ1) is 19.6. The van der Waals surface area contributed by atoms with Gasteiger partial charge in [0.15, 0.2) is 0 Å². The standard InChI is InChI=1S/C21H24BrN3O2/c1-15-2-6-18(7-3-15)23-20(26)14-25-12-10-16(11-13-25)21(27)24-19-8-4-17(22)5-9-19/h2-9,16H,10-14H2,1H3,(H,23,26)(H,24,27). The number of halogens is 1. The molecule has 2 aromatic rings. The van der Waals surface area contributed by atoms with Crippen molar-refractivity contribution < 1.29 is 9.59 Å². The van der Waals surface area contributed by atoms with Gasteiger partial charge < -0.3 is 10.6 Å².